The second-order valence-electron chi connectivity index (χ2n) is 10.2. The molecule has 0 unspecified atom stereocenters. The van der Waals surface area contributed by atoms with E-state index in [-0.39, 0.29) is 29.4 Å². The average Bonchev–Trinajstić information content (AvgIpc) is 3.31. The fourth-order valence-corrected chi connectivity index (χ4v) is 7.36. The van der Waals surface area contributed by atoms with Crippen molar-refractivity contribution in [1.29, 1.82) is 0 Å². The fourth-order valence-electron chi connectivity index (χ4n) is 5.31. The van der Waals surface area contributed by atoms with E-state index in [1.54, 1.807) is 55.5 Å². The van der Waals surface area contributed by atoms with Crippen LogP contribution in [0, 0.1) is 0 Å². The molecule has 0 radical (unpaired) electrons. The minimum atomic E-state index is -1.11. The van der Waals surface area contributed by atoms with Crippen molar-refractivity contribution in [2.45, 2.75) is 50.3 Å². The van der Waals surface area contributed by atoms with Gasteiger partial charge in [-0.15, -0.1) is 23.1 Å². The quantitative estimate of drug-likeness (QED) is 0.132. The smallest absolute Gasteiger partial charge is 0.341 e. The van der Waals surface area contributed by atoms with E-state index < -0.39 is 17.8 Å². The van der Waals surface area contributed by atoms with E-state index in [4.69, 9.17) is 4.74 Å². The Balaban J connectivity index is 1.28. The highest BCUT2D eigenvalue weighted by molar-refractivity contribution is 8.00. The van der Waals surface area contributed by atoms with Gasteiger partial charge in [-0.3, -0.25) is 9.59 Å². The Morgan fingerprint density at radius 3 is 2.37 bits per heavy atom. The molecule has 3 N–H and O–H groups in total. The predicted molar refractivity (Wildman–Crippen MR) is 171 cm³/mol. The molecule has 4 aromatic rings. The first kappa shape index (κ1) is 30.3. The summed E-state index contributed by atoms with van der Waals surface area (Å²) in [6, 6.07) is 17.1. The molecule has 0 aliphatic heterocycles. The van der Waals surface area contributed by atoms with Crippen molar-refractivity contribution in [3.63, 3.8) is 0 Å². The number of hydrogen-bond donors (Lipinski definition) is 3. The molecular formula is C33H32N2O6S2. The van der Waals surface area contributed by atoms with Gasteiger partial charge in [-0.05, 0) is 73.9 Å². The number of amides is 2. The van der Waals surface area contributed by atoms with Crippen LogP contribution in [-0.4, -0.2) is 41.2 Å². The van der Waals surface area contributed by atoms with Crippen LogP contribution >= 0.6 is 23.1 Å². The normalized spacial score (nSPS) is 13.0. The zero-order chi connectivity index (χ0) is 30.3. The lowest BCUT2D eigenvalue weighted by Crippen LogP contribution is -2.17. The van der Waals surface area contributed by atoms with Gasteiger partial charge in [0, 0.05) is 26.4 Å². The zero-order valence-corrected chi connectivity index (χ0v) is 25.4. The van der Waals surface area contributed by atoms with Crippen LogP contribution < -0.4 is 10.6 Å². The molecule has 0 atom stereocenters. The molecule has 1 aliphatic rings. The van der Waals surface area contributed by atoms with Gasteiger partial charge in [0.15, 0.2) is 0 Å². The van der Waals surface area contributed by atoms with Crippen LogP contribution in [0.2, 0.25) is 0 Å². The summed E-state index contributed by atoms with van der Waals surface area (Å²) in [7, 11) is 0. The third-order valence-electron chi connectivity index (χ3n) is 7.25. The number of carbonyl (C=O) groups excluding carboxylic acids is 3. The van der Waals surface area contributed by atoms with Crippen LogP contribution in [0.15, 0.2) is 65.6 Å². The number of rotatable bonds is 9. The van der Waals surface area contributed by atoms with E-state index in [0.29, 0.717) is 27.0 Å². The Hall–Kier alpha value is -4.15. The van der Waals surface area contributed by atoms with E-state index in [9.17, 15) is 24.3 Å². The van der Waals surface area contributed by atoms with Gasteiger partial charge in [-0.2, -0.15) is 0 Å². The van der Waals surface area contributed by atoms with Gasteiger partial charge >= 0.3 is 11.9 Å². The molecular weight excluding hydrogens is 585 g/mol. The summed E-state index contributed by atoms with van der Waals surface area (Å²) in [5.74, 6) is -2.07. The zero-order valence-electron chi connectivity index (χ0n) is 23.7. The number of aryl methyl sites for hydroxylation is 1. The van der Waals surface area contributed by atoms with Crippen molar-refractivity contribution in [3.8, 4) is 0 Å². The number of thiophene rings is 1. The minimum absolute atomic E-state index is 0.0578. The summed E-state index contributed by atoms with van der Waals surface area (Å²) in [6.45, 7) is 2.04. The van der Waals surface area contributed by atoms with E-state index in [2.05, 4.69) is 10.6 Å². The molecule has 10 heteroatoms. The third kappa shape index (κ3) is 7.09. The topological polar surface area (TPSA) is 122 Å². The summed E-state index contributed by atoms with van der Waals surface area (Å²) in [5, 5.41) is 17.1. The highest BCUT2D eigenvalue weighted by atomic mass is 32.2. The lowest BCUT2D eigenvalue weighted by molar-refractivity contribution is -0.113. The molecule has 8 nitrogen and oxygen atoms in total. The molecule has 0 saturated heterocycles. The largest absolute Gasteiger partial charge is 0.478 e. The Labute approximate surface area is 257 Å². The fraction of sp³-hybridized carbons (Fsp3) is 0.273. The molecule has 2 amide bonds. The third-order valence-corrected chi connectivity index (χ3v) is 9.45. The molecule has 3 aromatic carbocycles. The van der Waals surface area contributed by atoms with Crippen molar-refractivity contribution in [1.82, 2.24) is 0 Å². The molecule has 222 valence electrons. The van der Waals surface area contributed by atoms with Gasteiger partial charge in [-0.25, -0.2) is 9.59 Å². The lowest BCUT2D eigenvalue weighted by Gasteiger charge is -2.12. The Kier molecular flexibility index (Phi) is 9.79. The van der Waals surface area contributed by atoms with Crippen LogP contribution in [0.1, 0.15) is 74.1 Å². The van der Waals surface area contributed by atoms with Gasteiger partial charge in [0.25, 0.3) is 5.91 Å². The van der Waals surface area contributed by atoms with Crippen LogP contribution in [-0.2, 0) is 22.4 Å². The van der Waals surface area contributed by atoms with Gasteiger partial charge in [0.05, 0.1) is 23.5 Å². The molecule has 1 heterocycles. The SMILES string of the molecule is CCOC(=O)c1c(NC(=O)CSc2cccc(NC(=O)c3cccc4cccc(C(=O)O)c34)c2)sc2c1CCCCCC2. The molecule has 0 fully saturated rings. The Morgan fingerprint density at radius 2 is 1.63 bits per heavy atom. The first-order valence-electron chi connectivity index (χ1n) is 14.3. The predicted octanol–water partition coefficient (Wildman–Crippen LogP) is 7.42. The second-order valence-corrected chi connectivity index (χ2v) is 12.3. The number of carbonyl (C=O) groups is 4. The number of carboxylic acids is 1. The Bertz CT molecular complexity index is 1690. The van der Waals surface area contributed by atoms with Crippen molar-refractivity contribution in [3.05, 3.63) is 87.8 Å². The number of nitrogens with one attached hydrogen (secondary N) is 2. The van der Waals surface area contributed by atoms with Crippen LogP contribution in [0.25, 0.3) is 10.8 Å². The van der Waals surface area contributed by atoms with E-state index in [0.717, 1.165) is 53.9 Å². The molecule has 43 heavy (non-hydrogen) atoms. The van der Waals surface area contributed by atoms with Crippen LogP contribution in [0.5, 0.6) is 0 Å². The number of carboxylic acid groups (broad SMARTS) is 1. The first-order valence-corrected chi connectivity index (χ1v) is 16.1. The number of thioether (sulfide) groups is 1. The second kappa shape index (κ2) is 13.9. The van der Waals surface area contributed by atoms with Crippen molar-refractivity contribution in [2.24, 2.45) is 0 Å². The molecule has 0 saturated carbocycles. The van der Waals surface area contributed by atoms with Gasteiger partial charge in [0.1, 0.15) is 5.00 Å². The standard InChI is InChI=1S/C33H32N2O6S2/c1-2-41-33(40)29-23-14-5-3-4-6-17-26(23)43-31(29)35-27(36)19-42-22-13-9-12-21(18-22)34-30(37)24-15-7-10-20-11-8-16-25(28(20)24)32(38)39/h7-13,15-16,18H,2-6,14,17,19H2,1H3,(H,34,37)(H,35,36)(H,38,39). The molecule has 5 rings (SSSR count). The monoisotopic (exact) mass is 616 g/mol. The number of esters is 1. The van der Waals surface area contributed by atoms with E-state index >= 15 is 0 Å². The minimum Gasteiger partial charge on any atom is -0.478 e. The highest BCUT2D eigenvalue weighted by Gasteiger charge is 2.26. The summed E-state index contributed by atoms with van der Waals surface area (Å²) >= 11 is 2.78. The van der Waals surface area contributed by atoms with E-state index in [1.165, 1.54) is 29.2 Å². The van der Waals surface area contributed by atoms with Gasteiger partial charge in [-0.1, -0.05) is 43.2 Å². The maximum Gasteiger partial charge on any atom is 0.341 e. The number of hydrogen-bond acceptors (Lipinski definition) is 7. The summed E-state index contributed by atoms with van der Waals surface area (Å²) in [4.78, 5) is 52.9. The highest BCUT2D eigenvalue weighted by Crippen LogP contribution is 2.38. The molecule has 1 aromatic heterocycles. The lowest BCUT2D eigenvalue weighted by atomic mass is 9.96. The van der Waals surface area contributed by atoms with E-state index in [1.807, 2.05) is 6.07 Å². The van der Waals surface area contributed by atoms with Crippen molar-refractivity contribution >= 4 is 68.3 Å². The summed E-state index contributed by atoms with van der Waals surface area (Å²) in [5.41, 5.74) is 2.34. The first-order chi connectivity index (χ1) is 20.9. The number of anilines is 2. The molecule has 0 bridgehead atoms. The average molecular weight is 617 g/mol. The number of fused-ring (bicyclic) bond motifs is 2. The van der Waals surface area contributed by atoms with Gasteiger partial charge < -0.3 is 20.5 Å². The molecule has 1 aliphatic carbocycles. The summed E-state index contributed by atoms with van der Waals surface area (Å²) in [6.07, 6.45) is 6.06. The van der Waals surface area contributed by atoms with Crippen LogP contribution in [0.4, 0.5) is 10.7 Å². The van der Waals surface area contributed by atoms with Gasteiger partial charge in [0.2, 0.25) is 5.91 Å². The number of aromatic carboxylic acids is 1. The summed E-state index contributed by atoms with van der Waals surface area (Å²) < 4.78 is 5.34. The van der Waals surface area contributed by atoms with Crippen LogP contribution in [0.3, 0.4) is 0 Å². The maximum absolute atomic E-state index is 13.2. The maximum atomic E-state index is 13.2. The molecule has 0 spiro atoms. The Morgan fingerprint density at radius 1 is 0.907 bits per heavy atom. The number of benzene rings is 3. The van der Waals surface area contributed by atoms with Crippen molar-refractivity contribution < 1.29 is 29.0 Å². The number of ether oxygens (including phenoxy) is 1. The van der Waals surface area contributed by atoms with Crippen molar-refractivity contribution in [2.75, 3.05) is 23.0 Å².